The minimum atomic E-state index is -0.805. The van der Waals surface area contributed by atoms with Gasteiger partial charge in [0.15, 0.2) is 0 Å². The van der Waals surface area contributed by atoms with E-state index in [9.17, 15) is 28.8 Å². The number of hydrogen-bond acceptors (Lipinski definition) is 12. The van der Waals surface area contributed by atoms with Crippen LogP contribution in [0.1, 0.15) is 60.2 Å². The van der Waals surface area contributed by atoms with Crippen molar-refractivity contribution in [3.05, 3.63) is 48.0 Å². The maximum absolute atomic E-state index is 12.7. The summed E-state index contributed by atoms with van der Waals surface area (Å²) in [7, 11) is 0. The molecule has 14 heteroatoms. The third-order valence-electron chi connectivity index (χ3n) is 6.52. The first-order chi connectivity index (χ1) is 21.1. The van der Waals surface area contributed by atoms with E-state index in [1.54, 1.807) is 26.0 Å². The van der Waals surface area contributed by atoms with Crippen LogP contribution in [0.5, 0.6) is 0 Å². The fraction of sp³-hybridized carbons (Fsp3) is 0.533. The van der Waals surface area contributed by atoms with Gasteiger partial charge in [0.05, 0.1) is 11.1 Å². The van der Waals surface area contributed by atoms with E-state index in [4.69, 9.17) is 23.7 Å². The maximum atomic E-state index is 12.7. The maximum Gasteiger partial charge on any atom is 0.407 e. The molecule has 0 aliphatic heterocycles. The Morgan fingerprint density at radius 3 is 1.91 bits per heavy atom. The Morgan fingerprint density at radius 1 is 0.841 bits per heavy atom. The second kappa shape index (κ2) is 19.5. The number of carbonyl (C=O) groups is 6. The molecule has 1 aromatic carbocycles. The smallest absolute Gasteiger partial charge is 0.407 e. The Bertz CT molecular complexity index is 1140. The highest BCUT2D eigenvalue weighted by atomic mass is 16.6. The average molecular weight is 621 g/mol. The van der Waals surface area contributed by atoms with Gasteiger partial charge in [-0.15, -0.1) is 0 Å². The Morgan fingerprint density at radius 2 is 1.36 bits per heavy atom. The molecular formula is C30H40N2O12. The lowest BCUT2D eigenvalue weighted by Gasteiger charge is -2.29. The van der Waals surface area contributed by atoms with Crippen LogP contribution in [-0.4, -0.2) is 88.3 Å². The third kappa shape index (κ3) is 13.6. The van der Waals surface area contributed by atoms with Crippen molar-refractivity contribution >= 4 is 36.6 Å². The highest BCUT2D eigenvalue weighted by molar-refractivity contribution is 6.03. The number of carbonyl (C=O) groups excluding carboxylic acids is 6. The van der Waals surface area contributed by atoms with Gasteiger partial charge in [-0.3, -0.25) is 4.79 Å². The van der Waals surface area contributed by atoms with Crippen LogP contribution in [0.15, 0.2) is 36.9 Å². The lowest BCUT2D eigenvalue weighted by Crippen LogP contribution is -2.38. The summed E-state index contributed by atoms with van der Waals surface area (Å²) in [6.45, 7) is 6.89. The predicted molar refractivity (Wildman–Crippen MR) is 154 cm³/mol. The molecule has 4 unspecified atom stereocenters. The first kappa shape index (κ1) is 35.6. The average Bonchev–Trinajstić information content (AvgIpc) is 3.02. The number of esters is 3. The van der Waals surface area contributed by atoms with Gasteiger partial charge in [-0.1, -0.05) is 25.1 Å². The largest absolute Gasteiger partial charge is 0.464 e. The van der Waals surface area contributed by atoms with Crippen LogP contribution in [0.25, 0.3) is 0 Å². The Hall–Kier alpha value is -4.62. The van der Waals surface area contributed by atoms with Crippen molar-refractivity contribution in [2.45, 2.75) is 51.7 Å². The fourth-order valence-electron chi connectivity index (χ4n) is 4.44. The quantitative estimate of drug-likeness (QED) is 0.0855. The zero-order valence-corrected chi connectivity index (χ0v) is 25.0. The summed E-state index contributed by atoms with van der Waals surface area (Å²) in [6.07, 6.45) is 1.98. The summed E-state index contributed by atoms with van der Waals surface area (Å²) in [5.74, 6) is -1.85. The summed E-state index contributed by atoms with van der Waals surface area (Å²) in [4.78, 5) is 70.7. The highest BCUT2D eigenvalue weighted by Crippen LogP contribution is 2.28. The molecule has 2 rings (SSSR count). The Labute approximate surface area is 255 Å². The number of alkyl carbamates (subject to hydrolysis) is 2. The topological polar surface area (TPSA) is 182 Å². The van der Waals surface area contributed by atoms with Crippen molar-refractivity contribution in [2.24, 2.45) is 11.8 Å². The van der Waals surface area contributed by atoms with E-state index in [0.717, 1.165) is 31.8 Å². The molecule has 242 valence electrons. The molecule has 1 aliphatic carbocycles. The zero-order valence-electron chi connectivity index (χ0n) is 25.0. The molecule has 0 aromatic heterocycles. The normalized spacial score (nSPS) is 17.0. The van der Waals surface area contributed by atoms with Crippen molar-refractivity contribution in [1.82, 2.24) is 10.6 Å². The van der Waals surface area contributed by atoms with Crippen LogP contribution in [0, 0.1) is 11.8 Å². The molecule has 0 saturated heterocycles. The van der Waals surface area contributed by atoms with E-state index >= 15 is 0 Å². The summed E-state index contributed by atoms with van der Waals surface area (Å²) in [5, 5.41) is 5.47. The summed E-state index contributed by atoms with van der Waals surface area (Å²) in [5.41, 5.74) is -0.0660. The van der Waals surface area contributed by atoms with Crippen molar-refractivity contribution in [3.8, 4) is 0 Å². The van der Waals surface area contributed by atoms with Gasteiger partial charge in [0.25, 0.3) is 6.47 Å². The molecule has 1 aliphatic rings. The molecular weight excluding hydrogens is 580 g/mol. The summed E-state index contributed by atoms with van der Waals surface area (Å²) >= 11 is 0. The molecule has 0 spiro atoms. The first-order valence-corrected chi connectivity index (χ1v) is 14.3. The van der Waals surface area contributed by atoms with E-state index in [0.29, 0.717) is 19.6 Å². The monoisotopic (exact) mass is 620 g/mol. The van der Waals surface area contributed by atoms with Crippen LogP contribution in [0.2, 0.25) is 0 Å². The number of nitrogens with one attached hydrogen (secondary N) is 2. The van der Waals surface area contributed by atoms with Gasteiger partial charge in [-0.05, 0) is 57.1 Å². The van der Waals surface area contributed by atoms with Gasteiger partial charge >= 0.3 is 30.1 Å². The predicted octanol–water partition coefficient (Wildman–Crippen LogP) is 2.94. The van der Waals surface area contributed by atoms with Crippen molar-refractivity contribution in [3.63, 3.8) is 0 Å². The van der Waals surface area contributed by atoms with E-state index < -0.39 is 42.3 Å². The fourth-order valence-corrected chi connectivity index (χ4v) is 4.44. The second-order valence-electron chi connectivity index (χ2n) is 10.2. The lowest BCUT2D eigenvalue weighted by molar-refractivity contribution is -0.138. The summed E-state index contributed by atoms with van der Waals surface area (Å²) < 4.78 is 30.0. The van der Waals surface area contributed by atoms with Crippen molar-refractivity contribution in [2.75, 3.05) is 39.5 Å². The molecule has 1 fully saturated rings. The minimum absolute atomic E-state index is 0.0190. The van der Waals surface area contributed by atoms with Gasteiger partial charge in [-0.25, -0.2) is 24.0 Å². The molecule has 1 saturated carbocycles. The van der Waals surface area contributed by atoms with E-state index in [2.05, 4.69) is 21.9 Å². The number of ether oxygens (including phenoxy) is 6. The minimum Gasteiger partial charge on any atom is -0.464 e. The van der Waals surface area contributed by atoms with Gasteiger partial charge in [0.1, 0.15) is 38.6 Å². The van der Waals surface area contributed by atoms with E-state index in [1.807, 2.05) is 0 Å². The summed E-state index contributed by atoms with van der Waals surface area (Å²) in [6, 6.07) is 5.90. The number of amides is 2. The molecule has 14 nitrogen and oxygen atoms in total. The zero-order chi connectivity index (χ0) is 32.3. The van der Waals surface area contributed by atoms with E-state index in [1.165, 1.54) is 12.1 Å². The van der Waals surface area contributed by atoms with Gasteiger partial charge in [-0.2, -0.15) is 0 Å². The van der Waals surface area contributed by atoms with Crippen LogP contribution in [0.3, 0.4) is 0 Å². The number of rotatable bonds is 17. The molecule has 0 bridgehead atoms. The van der Waals surface area contributed by atoms with E-state index in [-0.39, 0.29) is 49.4 Å². The molecule has 0 radical (unpaired) electrons. The van der Waals surface area contributed by atoms with Gasteiger partial charge in [0, 0.05) is 19.2 Å². The molecule has 0 heterocycles. The van der Waals surface area contributed by atoms with Crippen molar-refractivity contribution in [1.29, 1.82) is 0 Å². The van der Waals surface area contributed by atoms with Gasteiger partial charge in [0.2, 0.25) is 0 Å². The third-order valence-corrected chi connectivity index (χ3v) is 6.52. The van der Waals surface area contributed by atoms with Crippen LogP contribution >= 0.6 is 0 Å². The standard InChI is InChI=1S/C30H40N2O12/c1-4-26(34)40-12-13-41-27(35)24-10-5-6-11-25(24)28(36)42-18-21(3)44-30(38)32-16-23-9-7-8-22(14-23)15-31-29(37)43-20(2)17-39-19-33/h4-6,10-11,19-23H,1,7-9,12-18H2,2-3H3,(H,31,37)(H,32,38). The molecule has 44 heavy (non-hydrogen) atoms. The number of hydrogen-bond donors (Lipinski definition) is 2. The van der Waals surface area contributed by atoms with Crippen LogP contribution in [-0.2, 0) is 38.0 Å². The Kier molecular flexibility index (Phi) is 15.8. The van der Waals surface area contributed by atoms with Crippen LogP contribution in [0.4, 0.5) is 9.59 Å². The lowest BCUT2D eigenvalue weighted by atomic mass is 9.81. The molecule has 1 aromatic rings. The molecule has 2 amide bonds. The first-order valence-electron chi connectivity index (χ1n) is 14.3. The van der Waals surface area contributed by atoms with Crippen molar-refractivity contribution < 1.29 is 57.2 Å². The molecule has 2 N–H and O–H groups in total. The molecule has 4 atom stereocenters. The van der Waals surface area contributed by atoms with Gasteiger partial charge < -0.3 is 39.1 Å². The second-order valence-corrected chi connectivity index (χ2v) is 10.2. The number of benzene rings is 1. The Balaban J connectivity index is 1.70. The van der Waals surface area contributed by atoms with Crippen LogP contribution < -0.4 is 10.6 Å². The highest BCUT2D eigenvalue weighted by Gasteiger charge is 2.24. The SMILES string of the molecule is C=CC(=O)OCCOC(=O)c1ccccc1C(=O)OCC(C)OC(=O)NCC1CCCC(CNC(=O)OC(C)COC=O)C1.